The van der Waals surface area contributed by atoms with Gasteiger partial charge in [0.2, 0.25) is 10.0 Å². The second kappa shape index (κ2) is 5.67. The number of aryl methyl sites for hydroxylation is 1. The van der Waals surface area contributed by atoms with E-state index in [1.165, 1.54) is 0 Å². The Hall–Kier alpha value is -1.14. The summed E-state index contributed by atoms with van der Waals surface area (Å²) >= 11 is 0. The molecule has 100 valence electrons. The summed E-state index contributed by atoms with van der Waals surface area (Å²) in [7, 11) is -3.31. The van der Waals surface area contributed by atoms with Gasteiger partial charge in [-0.2, -0.15) is 0 Å². The van der Waals surface area contributed by atoms with E-state index in [0.717, 1.165) is 25.8 Å². The summed E-state index contributed by atoms with van der Waals surface area (Å²) in [6, 6.07) is 3.52. The van der Waals surface area contributed by atoms with Gasteiger partial charge in [0.05, 0.1) is 17.1 Å². The highest BCUT2D eigenvalue weighted by molar-refractivity contribution is 7.92. The molecule has 6 heteroatoms. The Morgan fingerprint density at radius 1 is 1.50 bits per heavy atom. The maximum atomic E-state index is 12.0. The van der Waals surface area contributed by atoms with E-state index in [4.69, 9.17) is 0 Å². The van der Waals surface area contributed by atoms with E-state index in [1.54, 1.807) is 25.3 Å². The van der Waals surface area contributed by atoms with Gasteiger partial charge < -0.3 is 5.32 Å². The standard InChI is InChI=1S/C12H19N3O2S/c1-10-12(6-4-8-13-10)15-18(16,17)9-11-5-2-3-7-14-11/h4,6,8,11,14-15H,2-3,5,7,9H2,1H3. The Labute approximate surface area is 108 Å². The lowest BCUT2D eigenvalue weighted by atomic mass is 10.1. The zero-order valence-corrected chi connectivity index (χ0v) is 11.3. The van der Waals surface area contributed by atoms with Crippen molar-refractivity contribution in [1.29, 1.82) is 0 Å². The lowest BCUT2D eigenvalue weighted by Crippen LogP contribution is -2.40. The molecule has 0 radical (unpaired) electrons. The van der Waals surface area contributed by atoms with E-state index in [9.17, 15) is 8.42 Å². The molecule has 0 amide bonds. The molecule has 1 atom stereocenters. The molecule has 0 saturated carbocycles. The number of piperidine rings is 1. The van der Waals surface area contributed by atoms with Crippen LogP contribution in [0.2, 0.25) is 0 Å². The Bertz CT molecular complexity index is 496. The Morgan fingerprint density at radius 2 is 2.33 bits per heavy atom. The van der Waals surface area contributed by atoms with Gasteiger partial charge in [0.15, 0.2) is 0 Å². The average Bonchev–Trinajstić information content (AvgIpc) is 2.32. The molecule has 1 fully saturated rings. The van der Waals surface area contributed by atoms with Crippen molar-refractivity contribution >= 4 is 15.7 Å². The minimum absolute atomic E-state index is 0.0632. The third kappa shape index (κ3) is 3.68. The number of hydrogen-bond donors (Lipinski definition) is 2. The predicted molar refractivity (Wildman–Crippen MR) is 72.0 cm³/mol. The summed E-state index contributed by atoms with van der Waals surface area (Å²) in [4.78, 5) is 4.07. The molecule has 1 aromatic rings. The number of anilines is 1. The van der Waals surface area contributed by atoms with E-state index in [2.05, 4.69) is 15.0 Å². The van der Waals surface area contributed by atoms with E-state index in [1.807, 2.05) is 0 Å². The monoisotopic (exact) mass is 269 g/mol. The van der Waals surface area contributed by atoms with E-state index in [0.29, 0.717) is 11.4 Å². The lowest BCUT2D eigenvalue weighted by Gasteiger charge is -2.23. The van der Waals surface area contributed by atoms with Gasteiger partial charge >= 0.3 is 0 Å². The van der Waals surface area contributed by atoms with E-state index in [-0.39, 0.29) is 11.8 Å². The molecule has 0 bridgehead atoms. The zero-order chi connectivity index (χ0) is 13.0. The van der Waals surface area contributed by atoms with Crippen molar-refractivity contribution < 1.29 is 8.42 Å². The SMILES string of the molecule is Cc1ncccc1NS(=O)(=O)CC1CCCCN1. The molecular weight excluding hydrogens is 250 g/mol. The molecule has 1 aliphatic rings. The van der Waals surface area contributed by atoms with Gasteiger partial charge in [-0.25, -0.2) is 8.42 Å². The highest BCUT2D eigenvalue weighted by Crippen LogP contribution is 2.15. The van der Waals surface area contributed by atoms with Crippen LogP contribution >= 0.6 is 0 Å². The molecule has 1 saturated heterocycles. The molecule has 2 heterocycles. The van der Waals surface area contributed by atoms with Crippen LogP contribution in [0.25, 0.3) is 0 Å². The topological polar surface area (TPSA) is 71.1 Å². The van der Waals surface area contributed by atoms with Crippen LogP contribution < -0.4 is 10.0 Å². The summed E-state index contributed by atoms with van der Waals surface area (Å²) in [6.45, 7) is 2.70. The fraction of sp³-hybridized carbons (Fsp3) is 0.583. The van der Waals surface area contributed by atoms with Crippen molar-refractivity contribution in [3.63, 3.8) is 0 Å². The molecule has 1 unspecified atom stereocenters. The quantitative estimate of drug-likeness (QED) is 0.863. The second-order valence-corrected chi connectivity index (χ2v) is 6.43. The maximum absolute atomic E-state index is 12.0. The van der Waals surface area contributed by atoms with Crippen LogP contribution in [-0.2, 0) is 10.0 Å². The van der Waals surface area contributed by atoms with Gasteiger partial charge in [0, 0.05) is 12.2 Å². The largest absolute Gasteiger partial charge is 0.313 e. The minimum Gasteiger partial charge on any atom is -0.313 e. The number of rotatable bonds is 4. The van der Waals surface area contributed by atoms with Crippen LogP contribution in [0.5, 0.6) is 0 Å². The number of sulfonamides is 1. The Kier molecular flexibility index (Phi) is 4.19. The number of aromatic nitrogens is 1. The fourth-order valence-electron chi connectivity index (χ4n) is 2.13. The van der Waals surface area contributed by atoms with E-state index < -0.39 is 10.0 Å². The molecule has 2 rings (SSSR count). The molecular formula is C12H19N3O2S. The van der Waals surface area contributed by atoms with Crippen molar-refractivity contribution in [2.24, 2.45) is 0 Å². The normalized spacial score (nSPS) is 20.6. The molecule has 1 aromatic heterocycles. The highest BCUT2D eigenvalue weighted by atomic mass is 32.2. The van der Waals surface area contributed by atoms with Gasteiger partial charge in [-0.05, 0) is 38.4 Å². The molecule has 5 nitrogen and oxygen atoms in total. The molecule has 0 spiro atoms. The fourth-order valence-corrected chi connectivity index (χ4v) is 3.58. The lowest BCUT2D eigenvalue weighted by molar-refractivity contribution is 0.424. The van der Waals surface area contributed by atoms with Crippen LogP contribution in [0.3, 0.4) is 0 Å². The highest BCUT2D eigenvalue weighted by Gasteiger charge is 2.21. The first-order valence-corrected chi connectivity index (χ1v) is 7.87. The van der Waals surface area contributed by atoms with Gasteiger partial charge in [0.25, 0.3) is 0 Å². The van der Waals surface area contributed by atoms with E-state index >= 15 is 0 Å². The van der Waals surface area contributed by atoms with Crippen molar-refractivity contribution in [3.05, 3.63) is 24.0 Å². The summed E-state index contributed by atoms with van der Waals surface area (Å²) in [6.07, 6.45) is 4.80. The Morgan fingerprint density at radius 3 is 3.00 bits per heavy atom. The summed E-state index contributed by atoms with van der Waals surface area (Å²) < 4.78 is 26.7. The van der Waals surface area contributed by atoms with Gasteiger partial charge in [-0.1, -0.05) is 6.42 Å². The van der Waals surface area contributed by atoms with Gasteiger partial charge in [0.1, 0.15) is 0 Å². The van der Waals surface area contributed by atoms with Crippen LogP contribution in [0.4, 0.5) is 5.69 Å². The van der Waals surface area contributed by atoms with Crippen LogP contribution in [0.15, 0.2) is 18.3 Å². The van der Waals surface area contributed by atoms with Crippen molar-refractivity contribution in [3.8, 4) is 0 Å². The number of hydrogen-bond acceptors (Lipinski definition) is 4. The predicted octanol–water partition coefficient (Wildman–Crippen LogP) is 1.27. The first-order valence-electron chi connectivity index (χ1n) is 6.22. The summed E-state index contributed by atoms with van der Waals surface area (Å²) in [5.41, 5.74) is 1.26. The van der Waals surface area contributed by atoms with Gasteiger partial charge in [-0.15, -0.1) is 0 Å². The van der Waals surface area contributed by atoms with Crippen molar-refractivity contribution in [2.75, 3.05) is 17.0 Å². The second-order valence-electron chi connectivity index (χ2n) is 4.67. The third-order valence-electron chi connectivity index (χ3n) is 3.11. The summed E-state index contributed by atoms with van der Waals surface area (Å²) in [5, 5.41) is 3.24. The van der Waals surface area contributed by atoms with Crippen LogP contribution in [-0.4, -0.2) is 31.7 Å². The first kappa shape index (κ1) is 13.3. The zero-order valence-electron chi connectivity index (χ0n) is 10.5. The molecule has 0 aliphatic carbocycles. The first-order chi connectivity index (χ1) is 8.57. The van der Waals surface area contributed by atoms with Crippen LogP contribution in [0, 0.1) is 6.92 Å². The number of pyridine rings is 1. The van der Waals surface area contributed by atoms with Crippen LogP contribution in [0.1, 0.15) is 25.0 Å². The molecule has 1 aliphatic heterocycles. The smallest absolute Gasteiger partial charge is 0.234 e. The molecule has 2 N–H and O–H groups in total. The van der Waals surface area contributed by atoms with Crippen molar-refractivity contribution in [1.82, 2.24) is 10.3 Å². The average molecular weight is 269 g/mol. The molecule has 18 heavy (non-hydrogen) atoms. The summed E-state index contributed by atoms with van der Waals surface area (Å²) in [5.74, 6) is 0.126. The number of nitrogens with zero attached hydrogens (tertiary/aromatic N) is 1. The minimum atomic E-state index is -3.31. The maximum Gasteiger partial charge on any atom is 0.234 e. The van der Waals surface area contributed by atoms with Gasteiger partial charge in [-0.3, -0.25) is 9.71 Å². The van der Waals surface area contributed by atoms with Crippen molar-refractivity contribution in [2.45, 2.75) is 32.2 Å². The number of nitrogens with one attached hydrogen (secondary N) is 2. The molecule has 0 aromatic carbocycles. The Balaban J connectivity index is 2.01. The third-order valence-corrected chi connectivity index (χ3v) is 4.48.